The van der Waals surface area contributed by atoms with Crippen molar-refractivity contribution in [2.75, 3.05) is 7.11 Å². The number of carboxylic acids is 2. The molecule has 38 heavy (non-hydrogen) atoms. The van der Waals surface area contributed by atoms with E-state index in [0.29, 0.717) is 33.6 Å². The lowest BCUT2D eigenvalue weighted by molar-refractivity contribution is -0.649. The van der Waals surface area contributed by atoms with E-state index < -0.39 is 27.0 Å². The summed E-state index contributed by atoms with van der Waals surface area (Å²) in [5.74, 6) is -2.20. The minimum absolute atomic E-state index is 0. The van der Waals surface area contributed by atoms with Crippen LogP contribution in [-0.4, -0.2) is 47.7 Å². The Morgan fingerprint density at radius 1 is 0.737 bits per heavy atom. The van der Waals surface area contributed by atoms with Crippen LogP contribution >= 0.6 is 0 Å². The SMILES string of the molecule is COc1ccc(-c2cc(-c3ccc(C(=O)O)cc3)[n+](C)c(-c3ccc(C(=O)O)cc3)c2)cc1S(=O)(=O)[O-].O. The molecular weight excluding hydrogens is 514 g/mol. The molecule has 0 bridgehead atoms. The minimum atomic E-state index is -4.83. The topological polar surface area (TPSA) is 176 Å². The quantitative estimate of drug-likeness (QED) is 0.267. The highest BCUT2D eigenvalue weighted by atomic mass is 32.2. The second-order valence-corrected chi connectivity index (χ2v) is 9.51. The smallest absolute Gasteiger partial charge is 0.335 e. The molecule has 0 aliphatic heterocycles. The predicted octanol–water partition coefficient (Wildman–Crippen LogP) is 3.00. The summed E-state index contributed by atoms with van der Waals surface area (Å²) in [6.07, 6.45) is 0. The van der Waals surface area contributed by atoms with Crippen molar-refractivity contribution in [3.05, 3.63) is 90.0 Å². The standard InChI is InChI=1S/C27H21NO8S.H2O/c1-28-22(16-3-7-18(8-4-16)26(29)30)13-21(14-23(28)17-5-9-19(10-6-17)27(31)32)20-11-12-24(36-2)25(15-20)37(33,34)35;/h3-15H,1-2H3,(H2-,29,30,31,32,33,34,35);1H2. The van der Waals surface area contributed by atoms with E-state index in [4.69, 9.17) is 4.74 Å². The Bertz CT molecular complexity index is 1550. The Kier molecular flexibility index (Phi) is 7.96. The molecule has 0 unspecified atom stereocenters. The Hall–Kier alpha value is -4.58. The Morgan fingerprint density at radius 3 is 1.53 bits per heavy atom. The van der Waals surface area contributed by atoms with Crippen molar-refractivity contribution in [2.24, 2.45) is 7.05 Å². The normalized spacial score (nSPS) is 10.9. The molecule has 0 atom stereocenters. The number of carboxylic acid groups (broad SMARTS) is 2. The van der Waals surface area contributed by atoms with Crippen LogP contribution in [0.5, 0.6) is 5.75 Å². The molecule has 4 N–H and O–H groups in total. The van der Waals surface area contributed by atoms with Gasteiger partial charge in [0, 0.05) is 23.3 Å². The van der Waals surface area contributed by atoms with Crippen LogP contribution in [0.15, 0.2) is 83.8 Å². The van der Waals surface area contributed by atoms with Gasteiger partial charge in [-0.05, 0) is 71.8 Å². The van der Waals surface area contributed by atoms with Crippen molar-refractivity contribution in [3.8, 4) is 39.4 Å². The molecular formula is C27H23NO9S. The van der Waals surface area contributed by atoms with Gasteiger partial charge in [-0.3, -0.25) is 0 Å². The van der Waals surface area contributed by atoms with Gasteiger partial charge in [-0.1, -0.05) is 6.07 Å². The van der Waals surface area contributed by atoms with Gasteiger partial charge in [0.25, 0.3) is 0 Å². The van der Waals surface area contributed by atoms with Gasteiger partial charge in [0.2, 0.25) is 11.4 Å². The number of methoxy groups -OCH3 is 1. The molecule has 0 aliphatic carbocycles. The lowest BCUT2D eigenvalue weighted by atomic mass is 9.98. The van der Waals surface area contributed by atoms with Crippen molar-refractivity contribution >= 4 is 22.1 Å². The van der Waals surface area contributed by atoms with Gasteiger partial charge in [-0.25, -0.2) is 18.0 Å². The highest BCUT2D eigenvalue weighted by Crippen LogP contribution is 2.33. The summed E-state index contributed by atoms with van der Waals surface area (Å²) in [6.45, 7) is 0. The first-order valence-electron chi connectivity index (χ1n) is 10.9. The number of rotatable bonds is 7. The maximum atomic E-state index is 11.9. The second kappa shape index (κ2) is 10.8. The number of hydrogen-bond donors (Lipinski definition) is 2. The molecule has 11 heteroatoms. The van der Waals surface area contributed by atoms with Gasteiger partial charge in [0.15, 0.2) is 0 Å². The van der Waals surface area contributed by atoms with E-state index in [2.05, 4.69) is 0 Å². The van der Waals surface area contributed by atoms with Crippen LogP contribution in [0.2, 0.25) is 0 Å². The number of nitrogens with zero attached hydrogens (tertiary/aromatic N) is 1. The highest BCUT2D eigenvalue weighted by molar-refractivity contribution is 7.85. The molecule has 10 nitrogen and oxygen atoms in total. The van der Waals surface area contributed by atoms with Crippen LogP contribution in [0.1, 0.15) is 20.7 Å². The number of ether oxygens (including phenoxy) is 1. The molecule has 0 spiro atoms. The van der Waals surface area contributed by atoms with Gasteiger partial charge in [0.05, 0.1) is 23.1 Å². The summed E-state index contributed by atoms with van der Waals surface area (Å²) in [5, 5.41) is 18.5. The average Bonchev–Trinajstić information content (AvgIpc) is 2.88. The van der Waals surface area contributed by atoms with E-state index in [1.165, 1.54) is 43.5 Å². The molecule has 0 fully saturated rings. The summed E-state index contributed by atoms with van der Waals surface area (Å²) >= 11 is 0. The average molecular weight is 538 g/mol. The number of pyridine rings is 1. The fraction of sp³-hybridized carbons (Fsp3) is 0.0741. The molecule has 3 aromatic carbocycles. The van der Waals surface area contributed by atoms with Crippen LogP contribution in [0.4, 0.5) is 0 Å². The van der Waals surface area contributed by atoms with Crippen molar-refractivity contribution < 1.29 is 47.6 Å². The van der Waals surface area contributed by atoms with Crippen LogP contribution < -0.4 is 9.30 Å². The second-order valence-electron chi connectivity index (χ2n) is 8.16. The third-order valence-corrected chi connectivity index (χ3v) is 6.79. The van der Waals surface area contributed by atoms with Gasteiger partial charge in [-0.2, -0.15) is 4.57 Å². The van der Waals surface area contributed by atoms with Gasteiger partial charge in [-0.15, -0.1) is 0 Å². The molecule has 4 aromatic rings. The van der Waals surface area contributed by atoms with Crippen LogP contribution in [-0.2, 0) is 17.2 Å². The summed E-state index contributed by atoms with van der Waals surface area (Å²) in [4.78, 5) is 22.1. The number of hydrogen-bond acceptors (Lipinski definition) is 6. The third-order valence-electron chi connectivity index (χ3n) is 5.93. The molecule has 0 saturated carbocycles. The van der Waals surface area contributed by atoms with E-state index in [0.717, 1.165) is 0 Å². The van der Waals surface area contributed by atoms with Gasteiger partial charge >= 0.3 is 11.9 Å². The first-order valence-corrected chi connectivity index (χ1v) is 12.3. The van der Waals surface area contributed by atoms with Crippen molar-refractivity contribution in [2.45, 2.75) is 4.90 Å². The lowest BCUT2D eigenvalue weighted by Crippen LogP contribution is -2.34. The van der Waals surface area contributed by atoms with Crippen molar-refractivity contribution in [3.63, 3.8) is 0 Å². The maximum Gasteiger partial charge on any atom is 0.335 e. The summed E-state index contributed by atoms with van der Waals surface area (Å²) < 4.78 is 42.5. The number of aromatic nitrogens is 1. The Labute approximate surface area is 218 Å². The maximum absolute atomic E-state index is 11.9. The molecule has 0 amide bonds. The predicted molar refractivity (Wildman–Crippen MR) is 136 cm³/mol. The van der Waals surface area contributed by atoms with E-state index >= 15 is 0 Å². The molecule has 1 heterocycles. The fourth-order valence-electron chi connectivity index (χ4n) is 4.00. The number of aromatic carboxylic acids is 2. The van der Waals surface area contributed by atoms with E-state index in [1.54, 1.807) is 49.5 Å². The minimum Gasteiger partial charge on any atom is -0.744 e. The molecule has 1 aromatic heterocycles. The first-order chi connectivity index (χ1) is 17.5. The van der Waals surface area contributed by atoms with Crippen molar-refractivity contribution in [1.82, 2.24) is 0 Å². The monoisotopic (exact) mass is 537 g/mol. The molecule has 196 valence electrons. The molecule has 0 radical (unpaired) electrons. The fourth-order valence-corrected chi connectivity index (χ4v) is 4.67. The van der Waals surface area contributed by atoms with Gasteiger partial charge < -0.3 is 25.0 Å². The van der Waals surface area contributed by atoms with Crippen LogP contribution in [0.25, 0.3) is 33.6 Å². The molecule has 4 rings (SSSR count). The Balaban J connectivity index is 0.00000400. The Morgan fingerprint density at radius 2 is 1.16 bits per heavy atom. The number of benzene rings is 3. The highest BCUT2D eigenvalue weighted by Gasteiger charge is 2.21. The summed E-state index contributed by atoms with van der Waals surface area (Å²) in [5.41, 5.74) is 3.93. The zero-order valence-electron chi connectivity index (χ0n) is 20.2. The number of carbonyl (C=O) groups is 2. The van der Waals surface area contributed by atoms with Crippen molar-refractivity contribution in [1.29, 1.82) is 0 Å². The van der Waals surface area contributed by atoms with E-state index in [1.807, 2.05) is 4.57 Å². The lowest BCUT2D eigenvalue weighted by Gasteiger charge is -2.15. The molecule has 0 saturated heterocycles. The van der Waals surface area contributed by atoms with Gasteiger partial charge in [0.1, 0.15) is 22.9 Å². The van der Waals surface area contributed by atoms with E-state index in [9.17, 15) is 32.8 Å². The largest absolute Gasteiger partial charge is 0.744 e. The van der Waals surface area contributed by atoms with Crippen LogP contribution in [0.3, 0.4) is 0 Å². The van der Waals surface area contributed by atoms with E-state index in [-0.39, 0.29) is 22.4 Å². The first kappa shape index (κ1) is 28.0. The van der Waals surface area contributed by atoms with Crippen LogP contribution in [0, 0.1) is 0 Å². The zero-order valence-corrected chi connectivity index (χ0v) is 21.0. The summed E-state index contributed by atoms with van der Waals surface area (Å²) in [6, 6.07) is 20.3. The zero-order chi connectivity index (χ0) is 26.9. The third kappa shape index (κ3) is 5.54. The molecule has 0 aliphatic rings. The summed E-state index contributed by atoms with van der Waals surface area (Å²) in [7, 11) is -1.76.